The molecule has 0 N–H and O–H groups in total. The molecule has 5 nitrogen and oxygen atoms in total. The van der Waals surface area contributed by atoms with E-state index in [4.69, 9.17) is 4.52 Å². The molecule has 88 valence electrons. The average Bonchev–Trinajstić information content (AvgIpc) is 2.65. The van der Waals surface area contributed by atoms with Crippen molar-refractivity contribution in [2.45, 2.75) is 20.4 Å². The fourth-order valence-corrected chi connectivity index (χ4v) is 1.93. The molecule has 0 bridgehead atoms. The quantitative estimate of drug-likeness (QED) is 0.738. The molecule has 1 saturated heterocycles. The van der Waals surface area contributed by atoms with Gasteiger partial charge in [0.05, 0.1) is 12.2 Å². The minimum Gasteiger partial charge on any atom is -0.360 e. The summed E-state index contributed by atoms with van der Waals surface area (Å²) in [5, 5.41) is 3.86. The predicted molar refractivity (Wildman–Crippen MR) is 58.8 cm³/mol. The molecule has 0 spiro atoms. The molecule has 0 aliphatic carbocycles. The van der Waals surface area contributed by atoms with Crippen LogP contribution < -0.4 is 0 Å². The molecule has 0 aromatic carbocycles. The molecule has 1 amide bonds. The molecular weight excluding hydrogens is 206 g/mol. The van der Waals surface area contributed by atoms with Crippen molar-refractivity contribution in [3.05, 3.63) is 17.5 Å². The Labute approximate surface area is 95.0 Å². The first-order valence-electron chi connectivity index (χ1n) is 5.55. The highest BCUT2D eigenvalue weighted by molar-refractivity contribution is 5.73. The minimum absolute atomic E-state index is 0.162. The van der Waals surface area contributed by atoms with Crippen LogP contribution in [0.3, 0.4) is 0 Å². The molecule has 2 rings (SSSR count). The van der Waals surface area contributed by atoms with Gasteiger partial charge in [0.2, 0.25) is 5.91 Å². The highest BCUT2D eigenvalue weighted by atomic mass is 16.5. The van der Waals surface area contributed by atoms with Gasteiger partial charge in [0, 0.05) is 39.2 Å². The third kappa shape index (κ3) is 2.61. The summed E-state index contributed by atoms with van der Waals surface area (Å²) in [6, 6.07) is 1.96. The smallest absolute Gasteiger partial charge is 0.219 e. The maximum Gasteiger partial charge on any atom is 0.219 e. The number of hydrogen-bond acceptors (Lipinski definition) is 4. The standard InChI is InChI=1S/C11H17N3O2/c1-9-7-11(16-12-9)8-13-3-5-14(6-4-13)10(2)15/h7H,3-6,8H2,1-2H3. The maximum absolute atomic E-state index is 11.1. The minimum atomic E-state index is 0.162. The zero-order valence-corrected chi connectivity index (χ0v) is 9.77. The lowest BCUT2D eigenvalue weighted by Crippen LogP contribution is -2.47. The number of hydrogen-bond donors (Lipinski definition) is 0. The van der Waals surface area contributed by atoms with Crippen LogP contribution in [-0.4, -0.2) is 47.0 Å². The molecule has 0 atom stereocenters. The fourth-order valence-electron chi connectivity index (χ4n) is 1.93. The van der Waals surface area contributed by atoms with Gasteiger partial charge in [0.15, 0.2) is 5.76 Å². The van der Waals surface area contributed by atoms with Crippen molar-refractivity contribution in [1.82, 2.24) is 15.0 Å². The van der Waals surface area contributed by atoms with Gasteiger partial charge in [-0.1, -0.05) is 5.16 Å². The number of aromatic nitrogens is 1. The zero-order valence-electron chi connectivity index (χ0n) is 9.77. The van der Waals surface area contributed by atoms with Crippen LogP contribution in [0.1, 0.15) is 18.4 Å². The highest BCUT2D eigenvalue weighted by Crippen LogP contribution is 2.09. The van der Waals surface area contributed by atoms with Crippen LogP contribution in [0.5, 0.6) is 0 Å². The van der Waals surface area contributed by atoms with Gasteiger partial charge in [-0.05, 0) is 6.92 Å². The van der Waals surface area contributed by atoms with Crippen LogP contribution in [0.25, 0.3) is 0 Å². The summed E-state index contributed by atoms with van der Waals surface area (Å²) in [7, 11) is 0. The Kier molecular flexibility index (Phi) is 3.24. The van der Waals surface area contributed by atoms with Gasteiger partial charge in [-0.2, -0.15) is 0 Å². The summed E-state index contributed by atoms with van der Waals surface area (Å²) in [6.07, 6.45) is 0. The number of aryl methyl sites for hydroxylation is 1. The van der Waals surface area contributed by atoms with Crippen molar-refractivity contribution in [2.75, 3.05) is 26.2 Å². The van der Waals surface area contributed by atoms with E-state index in [2.05, 4.69) is 10.1 Å². The van der Waals surface area contributed by atoms with E-state index in [1.165, 1.54) is 0 Å². The van der Waals surface area contributed by atoms with Crippen molar-refractivity contribution >= 4 is 5.91 Å². The first-order valence-corrected chi connectivity index (χ1v) is 5.55. The Bertz CT molecular complexity index is 367. The Hall–Kier alpha value is -1.36. The Morgan fingerprint density at radius 3 is 2.62 bits per heavy atom. The van der Waals surface area contributed by atoms with Crippen molar-refractivity contribution in [3.8, 4) is 0 Å². The van der Waals surface area contributed by atoms with Crippen LogP contribution in [0.4, 0.5) is 0 Å². The van der Waals surface area contributed by atoms with E-state index in [1.54, 1.807) is 6.92 Å². The molecule has 0 radical (unpaired) electrons. The lowest BCUT2D eigenvalue weighted by atomic mass is 10.3. The number of carbonyl (C=O) groups excluding carboxylic acids is 1. The summed E-state index contributed by atoms with van der Waals surface area (Å²) < 4.78 is 5.17. The van der Waals surface area contributed by atoms with Crippen molar-refractivity contribution in [3.63, 3.8) is 0 Å². The summed E-state index contributed by atoms with van der Waals surface area (Å²) in [5.41, 5.74) is 0.914. The Balaban J connectivity index is 1.83. The molecule has 5 heteroatoms. The molecule has 1 aromatic heterocycles. The summed E-state index contributed by atoms with van der Waals surface area (Å²) in [4.78, 5) is 15.3. The van der Waals surface area contributed by atoms with E-state index in [-0.39, 0.29) is 5.91 Å². The molecule has 1 aromatic rings. The Morgan fingerprint density at radius 2 is 2.12 bits per heavy atom. The van der Waals surface area contributed by atoms with E-state index >= 15 is 0 Å². The fraction of sp³-hybridized carbons (Fsp3) is 0.636. The zero-order chi connectivity index (χ0) is 11.5. The summed E-state index contributed by atoms with van der Waals surface area (Å²) in [6.45, 7) is 7.74. The topological polar surface area (TPSA) is 49.6 Å². The lowest BCUT2D eigenvalue weighted by molar-refractivity contribution is -0.130. The number of amides is 1. The first-order chi connectivity index (χ1) is 7.65. The predicted octanol–water partition coefficient (Wildman–Crippen LogP) is 0.647. The highest BCUT2D eigenvalue weighted by Gasteiger charge is 2.19. The van der Waals surface area contributed by atoms with Gasteiger partial charge in [-0.3, -0.25) is 9.69 Å². The molecule has 1 fully saturated rings. The number of piperazine rings is 1. The molecular formula is C11H17N3O2. The molecule has 0 unspecified atom stereocenters. The average molecular weight is 223 g/mol. The van der Waals surface area contributed by atoms with Gasteiger partial charge >= 0.3 is 0 Å². The van der Waals surface area contributed by atoms with E-state index in [9.17, 15) is 4.79 Å². The van der Waals surface area contributed by atoms with Crippen LogP contribution >= 0.6 is 0 Å². The SMILES string of the molecule is CC(=O)N1CCN(Cc2cc(C)no2)CC1. The first kappa shape index (κ1) is 11.1. The molecule has 0 saturated carbocycles. The second-order valence-corrected chi connectivity index (χ2v) is 4.22. The van der Waals surface area contributed by atoms with E-state index in [0.29, 0.717) is 0 Å². The van der Waals surface area contributed by atoms with Crippen LogP contribution in [0.2, 0.25) is 0 Å². The second-order valence-electron chi connectivity index (χ2n) is 4.22. The maximum atomic E-state index is 11.1. The number of nitrogens with zero attached hydrogens (tertiary/aromatic N) is 3. The number of rotatable bonds is 2. The van der Waals surface area contributed by atoms with Gasteiger partial charge in [0.1, 0.15) is 0 Å². The second kappa shape index (κ2) is 4.65. The normalized spacial score (nSPS) is 17.8. The van der Waals surface area contributed by atoms with Gasteiger partial charge in [0.25, 0.3) is 0 Å². The van der Waals surface area contributed by atoms with Crippen LogP contribution in [-0.2, 0) is 11.3 Å². The Morgan fingerprint density at radius 1 is 1.44 bits per heavy atom. The van der Waals surface area contributed by atoms with E-state index in [0.717, 1.165) is 44.2 Å². The van der Waals surface area contributed by atoms with Crippen molar-refractivity contribution in [1.29, 1.82) is 0 Å². The third-order valence-corrected chi connectivity index (χ3v) is 2.87. The molecule has 1 aliphatic rings. The van der Waals surface area contributed by atoms with Gasteiger partial charge in [-0.25, -0.2) is 0 Å². The summed E-state index contributed by atoms with van der Waals surface area (Å²) in [5.74, 6) is 1.06. The van der Waals surface area contributed by atoms with Gasteiger partial charge < -0.3 is 9.42 Å². The van der Waals surface area contributed by atoms with Crippen molar-refractivity contribution in [2.24, 2.45) is 0 Å². The summed E-state index contributed by atoms with van der Waals surface area (Å²) >= 11 is 0. The molecule has 16 heavy (non-hydrogen) atoms. The molecule has 2 heterocycles. The van der Waals surface area contributed by atoms with Gasteiger partial charge in [-0.15, -0.1) is 0 Å². The van der Waals surface area contributed by atoms with Crippen LogP contribution in [0.15, 0.2) is 10.6 Å². The van der Waals surface area contributed by atoms with Crippen LogP contribution in [0, 0.1) is 6.92 Å². The molecule has 1 aliphatic heterocycles. The van der Waals surface area contributed by atoms with Crippen molar-refractivity contribution < 1.29 is 9.32 Å². The number of carbonyl (C=O) groups is 1. The monoisotopic (exact) mass is 223 g/mol. The van der Waals surface area contributed by atoms with E-state index < -0.39 is 0 Å². The van der Waals surface area contributed by atoms with E-state index in [1.807, 2.05) is 17.9 Å². The lowest BCUT2D eigenvalue weighted by Gasteiger charge is -2.33. The largest absolute Gasteiger partial charge is 0.360 e. The third-order valence-electron chi connectivity index (χ3n) is 2.87.